The van der Waals surface area contributed by atoms with E-state index in [1.54, 1.807) is 21.3 Å². The molecule has 0 bridgehead atoms. The summed E-state index contributed by atoms with van der Waals surface area (Å²) in [5.41, 5.74) is 0.582. The molecule has 2 saturated heterocycles. The predicted molar refractivity (Wildman–Crippen MR) is 91.6 cm³/mol. The largest absolute Gasteiger partial charge is 0.491 e. The molecule has 7 heteroatoms. The van der Waals surface area contributed by atoms with E-state index in [4.69, 9.17) is 4.74 Å². The molecule has 3 rings (SSSR count). The topological polar surface area (TPSA) is 66.9 Å². The molecular formula is C17H24N2O4S. The molecule has 0 N–H and O–H groups in total. The highest BCUT2D eigenvalue weighted by molar-refractivity contribution is 7.88. The first-order chi connectivity index (χ1) is 11.3. The Bertz CT molecular complexity index is 732. The zero-order valence-corrected chi connectivity index (χ0v) is 15.1. The second-order valence-electron chi connectivity index (χ2n) is 6.89. The number of hydrogen-bond donors (Lipinski definition) is 0. The van der Waals surface area contributed by atoms with Crippen LogP contribution in [0.2, 0.25) is 0 Å². The van der Waals surface area contributed by atoms with E-state index in [2.05, 4.69) is 0 Å². The van der Waals surface area contributed by atoms with Gasteiger partial charge in [0.05, 0.1) is 12.4 Å². The maximum atomic E-state index is 12.8. The molecule has 2 atom stereocenters. The Morgan fingerprint density at radius 3 is 2.71 bits per heavy atom. The molecule has 2 aliphatic rings. The summed E-state index contributed by atoms with van der Waals surface area (Å²) < 4.78 is 30.9. The van der Waals surface area contributed by atoms with Crippen molar-refractivity contribution in [2.24, 2.45) is 5.92 Å². The van der Waals surface area contributed by atoms with Crippen molar-refractivity contribution in [3.63, 3.8) is 0 Å². The summed E-state index contributed by atoms with van der Waals surface area (Å²) in [5, 5.41) is 0. The van der Waals surface area contributed by atoms with Gasteiger partial charge in [0.25, 0.3) is 5.91 Å². The Kier molecular flexibility index (Phi) is 4.57. The lowest BCUT2D eigenvalue weighted by atomic mass is 10.1. The van der Waals surface area contributed by atoms with Gasteiger partial charge in [0.1, 0.15) is 5.75 Å². The fraction of sp³-hybridized carbons (Fsp3) is 0.588. The molecule has 0 aromatic heterocycles. The normalized spacial score (nSPS) is 24.4. The smallest absolute Gasteiger partial charge is 0.254 e. The van der Waals surface area contributed by atoms with Crippen LogP contribution in [0.1, 0.15) is 30.6 Å². The summed E-state index contributed by atoms with van der Waals surface area (Å²) in [4.78, 5) is 14.5. The van der Waals surface area contributed by atoms with Crippen molar-refractivity contribution in [1.82, 2.24) is 9.21 Å². The number of amides is 1. The van der Waals surface area contributed by atoms with Crippen LogP contribution in [-0.4, -0.2) is 61.6 Å². The molecule has 1 aromatic carbocycles. The molecule has 2 heterocycles. The molecule has 0 spiro atoms. The molecule has 6 nitrogen and oxygen atoms in total. The van der Waals surface area contributed by atoms with E-state index >= 15 is 0 Å². The minimum absolute atomic E-state index is 0.0461. The zero-order valence-electron chi connectivity index (χ0n) is 14.3. The molecule has 24 heavy (non-hydrogen) atoms. The maximum Gasteiger partial charge on any atom is 0.254 e. The van der Waals surface area contributed by atoms with E-state index in [-0.39, 0.29) is 24.0 Å². The standard InChI is InChI=1S/C17H24N2O4S/c1-12(2)23-15-6-4-5-13(9-15)17(20)18-10-14-7-8-19(16(14)11-18)24(3,21)22/h4-6,9,12,14,16H,7-8,10-11H2,1-3H3/t14-,16+/m1/s1. The maximum absolute atomic E-state index is 12.8. The number of nitrogens with zero attached hydrogens (tertiary/aromatic N) is 2. The highest BCUT2D eigenvalue weighted by atomic mass is 32.2. The fourth-order valence-electron chi connectivity index (χ4n) is 3.66. The van der Waals surface area contributed by atoms with E-state index in [9.17, 15) is 13.2 Å². The van der Waals surface area contributed by atoms with Gasteiger partial charge in [0.2, 0.25) is 10.0 Å². The van der Waals surface area contributed by atoms with Gasteiger partial charge in [-0.25, -0.2) is 8.42 Å². The molecule has 1 amide bonds. The van der Waals surface area contributed by atoms with Crippen LogP contribution in [0.3, 0.4) is 0 Å². The number of rotatable bonds is 4. The van der Waals surface area contributed by atoms with Crippen molar-refractivity contribution in [2.75, 3.05) is 25.9 Å². The molecule has 0 radical (unpaired) electrons. The quantitative estimate of drug-likeness (QED) is 0.825. The average molecular weight is 352 g/mol. The average Bonchev–Trinajstić information content (AvgIpc) is 3.04. The van der Waals surface area contributed by atoms with Crippen LogP contribution in [0.4, 0.5) is 0 Å². The molecule has 2 aliphatic heterocycles. The Hall–Kier alpha value is -1.60. The SMILES string of the molecule is CC(C)Oc1cccc(C(=O)N2C[C@H]3CCN(S(C)(=O)=O)[C@H]3C2)c1. The number of likely N-dealkylation sites (tertiary alicyclic amines) is 1. The molecule has 2 fully saturated rings. The highest BCUT2D eigenvalue weighted by Gasteiger charge is 2.46. The molecule has 1 aromatic rings. The summed E-state index contributed by atoms with van der Waals surface area (Å²) in [6.45, 7) is 5.52. The van der Waals surface area contributed by atoms with Crippen molar-refractivity contribution in [1.29, 1.82) is 0 Å². The van der Waals surface area contributed by atoms with Gasteiger partial charge in [-0.3, -0.25) is 4.79 Å². The molecule has 132 valence electrons. The first-order valence-electron chi connectivity index (χ1n) is 8.28. The van der Waals surface area contributed by atoms with Crippen LogP contribution >= 0.6 is 0 Å². The molecule has 0 unspecified atom stereocenters. The monoisotopic (exact) mass is 352 g/mol. The summed E-state index contributed by atoms with van der Waals surface area (Å²) in [7, 11) is -3.22. The summed E-state index contributed by atoms with van der Waals surface area (Å²) in [6, 6.07) is 7.09. The zero-order chi connectivity index (χ0) is 17.5. The van der Waals surface area contributed by atoms with Crippen LogP contribution in [0, 0.1) is 5.92 Å². The van der Waals surface area contributed by atoms with E-state index in [1.165, 1.54) is 6.26 Å². The lowest BCUT2D eigenvalue weighted by molar-refractivity contribution is 0.0777. The number of ether oxygens (including phenoxy) is 1. The van der Waals surface area contributed by atoms with Crippen LogP contribution in [-0.2, 0) is 10.0 Å². The lowest BCUT2D eigenvalue weighted by Crippen LogP contribution is -2.40. The number of carbonyl (C=O) groups is 1. The van der Waals surface area contributed by atoms with Gasteiger partial charge in [0.15, 0.2) is 0 Å². The van der Waals surface area contributed by atoms with Crippen LogP contribution in [0.15, 0.2) is 24.3 Å². The van der Waals surface area contributed by atoms with Crippen molar-refractivity contribution < 1.29 is 17.9 Å². The van der Waals surface area contributed by atoms with Crippen LogP contribution in [0.5, 0.6) is 5.75 Å². The van der Waals surface area contributed by atoms with E-state index in [0.29, 0.717) is 30.9 Å². The van der Waals surface area contributed by atoms with Gasteiger partial charge in [-0.1, -0.05) is 6.07 Å². The Morgan fingerprint density at radius 2 is 2.04 bits per heavy atom. The van der Waals surface area contributed by atoms with Gasteiger partial charge < -0.3 is 9.64 Å². The Labute approximate surface area is 143 Å². The number of benzene rings is 1. The van der Waals surface area contributed by atoms with Gasteiger partial charge in [-0.15, -0.1) is 0 Å². The van der Waals surface area contributed by atoms with Gasteiger partial charge in [-0.2, -0.15) is 4.31 Å². The van der Waals surface area contributed by atoms with E-state index in [0.717, 1.165) is 6.42 Å². The first-order valence-corrected chi connectivity index (χ1v) is 10.1. The van der Waals surface area contributed by atoms with Crippen LogP contribution < -0.4 is 4.74 Å². The summed E-state index contributed by atoms with van der Waals surface area (Å²) in [5.74, 6) is 0.846. The Morgan fingerprint density at radius 1 is 1.29 bits per heavy atom. The number of carbonyl (C=O) groups excluding carboxylic acids is 1. The molecular weight excluding hydrogens is 328 g/mol. The van der Waals surface area contributed by atoms with Crippen molar-refractivity contribution in [3.8, 4) is 5.75 Å². The fourth-order valence-corrected chi connectivity index (χ4v) is 4.83. The molecule has 0 aliphatic carbocycles. The van der Waals surface area contributed by atoms with Gasteiger partial charge >= 0.3 is 0 Å². The molecule has 0 saturated carbocycles. The first kappa shape index (κ1) is 17.2. The van der Waals surface area contributed by atoms with E-state index in [1.807, 2.05) is 26.0 Å². The number of hydrogen-bond acceptors (Lipinski definition) is 4. The van der Waals surface area contributed by atoms with E-state index < -0.39 is 10.0 Å². The second kappa shape index (κ2) is 6.37. The predicted octanol–water partition coefficient (Wildman–Crippen LogP) is 1.58. The van der Waals surface area contributed by atoms with Crippen molar-refractivity contribution in [3.05, 3.63) is 29.8 Å². The number of fused-ring (bicyclic) bond motifs is 1. The minimum atomic E-state index is -3.22. The third-order valence-electron chi connectivity index (χ3n) is 4.66. The Balaban J connectivity index is 1.74. The van der Waals surface area contributed by atoms with Crippen molar-refractivity contribution >= 4 is 15.9 Å². The third-order valence-corrected chi connectivity index (χ3v) is 5.97. The number of sulfonamides is 1. The summed E-state index contributed by atoms with van der Waals surface area (Å²) in [6.07, 6.45) is 2.11. The van der Waals surface area contributed by atoms with Gasteiger partial charge in [-0.05, 0) is 44.4 Å². The third kappa shape index (κ3) is 3.42. The summed E-state index contributed by atoms with van der Waals surface area (Å²) >= 11 is 0. The van der Waals surface area contributed by atoms with Gasteiger partial charge in [0, 0.05) is 31.2 Å². The van der Waals surface area contributed by atoms with Crippen molar-refractivity contribution in [2.45, 2.75) is 32.4 Å². The lowest BCUT2D eigenvalue weighted by Gasteiger charge is -2.23. The second-order valence-corrected chi connectivity index (χ2v) is 8.83. The van der Waals surface area contributed by atoms with Crippen LogP contribution in [0.25, 0.3) is 0 Å². The highest BCUT2D eigenvalue weighted by Crippen LogP contribution is 2.33. The minimum Gasteiger partial charge on any atom is -0.491 e.